The lowest BCUT2D eigenvalue weighted by atomic mass is 10.0. The van der Waals surface area contributed by atoms with Crippen LogP contribution in [0.1, 0.15) is 37.9 Å². The van der Waals surface area contributed by atoms with Crippen molar-refractivity contribution in [3.05, 3.63) is 18.2 Å². The summed E-state index contributed by atoms with van der Waals surface area (Å²) in [6, 6.07) is 0. The normalized spacial score (nSPS) is 12.8. The van der Waals surface area contributed by atoms with E-state index >= 15 is 0 Å². The lowest BCUT2D eigenvalue weighted by molar-refractivity contribution is 0.528. The van der Waals surface area contributed by atoms with Gasteiger partial charge >= 0.3 is 0 Å². The first kappa shape index (κ1) is 8.97. The fourth-order valence-corrected chi connectivity index (χ4v) is 1.13. The molecule has 0 amide bonds. The van der Waals surface area contributed by atoms with Gasteiger partial charge in [0.2, 0.25) is 6.29 Å². The SMILES string of the molecule is CCCCC([C]=O)c1ncc[nH]1. The molecule has 1 radical (unpaired) electrons. The quantitative estimate of drug-likeness (QED) is 0.723. The molecule has 1 rings (SSSR count). The van der Waals surface area contributed by atoms with Gasteiger partial charge in [-0.3, -0.25) is 4.79 Å². The molecular formula is C9H13N2O. The molecule has 0 bridgehead atoms. The summed E-state index contributed by atoms with van der Waals surface area (Å²) in [5.41, 5.74) is 0. The molecule has 0 spiro atoms. The highest BCUT2D eigenvalue weighted by Crippen LogP contribution is 2.15. The van der Waals surface area contributed by atoms with Gasteiger partial charge in [-0.15, -0.1) is 0 Å². The molecule has 3 heteroatoms. The van der Waals surface area contributed by atoms with E-state index in [-0.39, 0.29) is 5.92 Å². The standard InChI is InChI=1S/C9H13N2O/c1-2-3-4-8(7-12)9-10-5-6-11-9/h5-6,8H,2-4H2,1H3,(H,10,11). The van der Waals surface area contributed by atoms with Gasteiger partial charge in [0.1, 0.15) is 5.82 Å². The minimum absolute atomic E-state index is 0.167. The van der Waals surface area contributed by atoms with E-state index < -0.39 is 0 Å². The van der Waals surface area contributed by atoms with E-state index in [4.69, 9.17) is 0 Å². The minimum Gasteiger partial charge on any atom is -0.348 e. The number of nitrogens with zero attached hydrogens (tertiary/aromatic N) is 1. The molecule has 1 heterocycles. The fourth-order valence-electron chi connectivity index (χ4n) is 1.13. The minimum atomic E-state index is -0.167. The Labute approximate surface area is 72.2 Å². The predicted molar refractivity (Wildman–Crippen MR) is 46.5 cm³/mol. The van der Waals surface area contributed by atoms with Crippen molar-refractivity contribution in [3.63, 3.8) is 0 Å². The zero-order chi connectivity index (χ0) is 8.81. The van der Waals surface area contributed by atoms with E-state index in [0.717, 1.165) is 25.1 Å². The highest BCUT2D eigenvalue weighted by atomic mass is 16.1. The predicted octanol–water partition coefficient (Wildman–Crippen LogP) is 1.79. The van der Waals surface area contributed by atoms with E-state index in [1.165, 1.54) is 0 Å². The molecule has 65 valence electrons. The van der Waals surface area contributed by atoms with Crippen LogP contribution in [0.3, 0.4) is 0 Å². The third-order valence-electron chi connectivity index (χ3n) is 1.84. The van der Waals surface area contributed by atoms with Crippen LogP contribution in [0.15, 0.2) is 12.4 Å². The summed E-state index contributed by atoms with van der Waals surface area (Å²) in [6.45, 7) is 2.10. The molecule has 0 saturated carbocycles. The van der Waals surface area contributed by atoms with E-state index in [0.29, 0.717) is 0 Å². The van der Waals surface area contributed by atoms with E-state index in [1.54, 1.807) is 12.4 Å². The van der Waals surface area contributed by atoms with Crippen LogP contribution >= 0.6 is 0 Å². The Morgan fingerprint density at radius 3 is 3.08 bits per heavy atom. The average molecular weight is 165 g/mol. The Morgan fingerprint density at radius 1 is 1.75 bits per heavy atom. The number of carbonyl (C=O) groups excluding carboxylic acids is 1. The second-order valence-electron chi connectivity index (χ2n) is 2.79. The lowest BCUT2D eigenvalue weighted by Gasteiger charge is -2.03. The molecule has 0 saturated heterocycles. The zero-order valence-corrected chi connectivity index (χ0v) is 7.21. The number of H-pyrrole nitrogens is 1. The molecule has 0 aliphatic carbocycles. The van der Waals surface area contributed by atoms with Gasteiger partial charge < -0.3 is 4.98 Å². The van der Waals surface area contributed by atoms with Crippen LogP contribution in [0, 0.1) is 0 Å². The van der Waals surface area contributed by atoms with Gasteiger partial charge in [0.05, 0.1) is 5.92 Å². The van der Waals surface area contributed by atoms with Gasteiger partial charge in [0.25, 0.3) is 0 Å². The van der Waals surface area contributed by atoms with Crippen LogP contribution in [0.5, 0.6) is 0 Å². The number of nitrogens with one attached hydrogen (secondary N) is 1. The van der Waals surface area contributed by atoms with Crippen molar-refractivity contribution >= 4 is 6.29 Å². The van der Waals surface area contributed by atoms with Crippen molar-refractivity contribution in [2.24, 2.45) is 0 Å². The number of rotatable bonds is 5. The topological polar surface area (TPSA) is 45.8 Å². The summed E-state index contributed by atoms with van der Waals surface area (Å²) in [4.78, 5) is 17.5. The molecule has 12 heavy (non-hydrogen) atoms. The molecule has 1 N–H and O–H groups in total. The van der Waals surface area contributed by atoms with Crippen LogP contribution in [-0.4, -0.2) is 16.3 Å². The molecule has 0 aromatic carbocycles. The van der Waals surface area contributed by atoms with Crippen LogP contribution in [0.2, 0.25) is 0 Å². The van der Waals surface area contributed by atoms with Crippen LogP contribution in [0.4, 0.5) is 0 Å². The number of unbranched alkanes of at least 4 members (excludes halogenated alkanes) is 1. The highest BCUT2D eigenvalue weighted by molar-refractivity contribution is 5.60. The Balaban J connectivity index is 2.51. The summed E-state index contributed by atoms with van der Waals surface area (Å²) in [7, 11) is 0. The second-order valence-corrected chi connectivity index (χ2v) is 2.79. The molecule has 1 atom stereocenters. The van der Waals surface area contributed by atoms with Crippen molar-refractivity contribution in [1.82, 2.24) is 9.97 Å². The van der Waals surface area contributed by atoms with Crippen LogP contribution in [0.25, 0.3) is 0 Å². The van der Waals surface area contributed by atoms with Gasteiger partial charge in [-0.1, -0.05) is 19.8 Å². The molecule has 0 aliphatic heterocycles. The Morgan fingerprint density at radius 2 is 2.58 bits per heavy atom. The van der Waals surface area contributed by atoms with Crippen molar-refractivity contribution in [2.45, 2.75) is 32.1 Å². The average Bonchev–Trinajstić information content (AvgIpc) is 2.59. The van der Waals surface area contributed by atoms with Gasteiger partial charge in [-0.05, 0) is 6.42 Å². The summed E-state index contributed by atoms with van der Waals surface area (Å²) < 4.78 is 0. The van der Waals surface area contributed by atoms with Crippen molar-refractivity contribution < 1.29 is 4.79 Å². The third kappa shape index (κ3) is 2.19. The first-order valence-corrected chi connectivity index (χ1v) is 4.25. The van der Waals surface area contributed by atoms with Crippen LogP contribution < -0.4 is 0 Å². The number of aromatic nitrogens is 2. The summed E-state index contributed by atoms with van der Waals surface area (Å²) in [5, 5.41) is 0. The zero-order valence-electron chi connectivity index (χ0n) is 7.21. The molecule has 0 aliphatic rings. The highest BCUT2D eigenvalue weighted by Gasteiger charge is 2.12. The lowest BCUT2D eigenvalue weighted by Crippen LogP contribution is -2.02. The monoisotopic (exact) mass is 165 g/mol. The maximum absolute atomic E-state index is 10.5. The van der Waals surface area contributed by atoms with E-state index in [9.17, 15) is 4.79 Å². The van der Waals surface area contributed by atoms with Gasteiger partial charge in [-0.25, -0.2) is 4.98 Å². The third-order valence-corrected chi connectivity index (χ3v) is 1.84. The molecule has 3 nitrogen and oxygen atoms in total. The molecular weight excluding hydrogens is 152 g/mol. The summed E-state index contributed by atoms with van der Waals surface area (Å²) in [5.74, 6) is 0.568. The van der Waals surface area contributed by atoms with Crippen LogP contribution in [-0.2, 0) is 4.79 Å². The smallest absolute Gasteiger partial charge is 0.209 e. The number of aromatic amines is 1. The van der Waals surface area contributed by atoms with E-state index in [1.807, 2.05) is 6.29 Å². The van der Waals surface area contributed by atoms with Crippen molar-refractivity contribution in [3.8, 4) is 0 Å². The summed E-state index contributed by atoms with van der Waals surface area (Å²) in [6.07, 6.45) is 8.36. The Kier molecular flexibility index (Phi) is 3.51. The molecule has 1 aromatic rings. The van der Waals surface area contributed by atoms with Crippen molar-refractivity contribution in [2.75, 3.05) is 0 Å². The first-order chi connectivity index (χ1) is 5.88. The Bertz CT molecular complexity index is 218. The largest absolute Gasteiger partial charge is 0.348 e. The molecule has 0 fully saturated rings. The van der Waals surface area contributed by atoms with Gasteiger partial charge in [0, 0.05) is 12.4 Å². The van der Waals surface area contributed by atoms with Gasteiger partial charge in [0.15, 0.2) is 0 Å². The van der Waals surface area contributed by atoms with Crippen molar-refractivity contribution in [1.29, 1.82) is 0 Å². The first-order valence-electron chi connectivity index (χ1n) is 4.25. The maximum atomic E-state index is 10.5. The Hall–Kier alpha value is -1.12. The number of hydrogen-bond acceptors (Lipinski definition) is 2. The number of hydrogen-bond donors (Lipinski definition) is 1. The summed E-state index contributed by atoms with van der Waals surface area (Å²) >= 11 is 0. The number of imidazole rings is 1. The molecule has 1 unspecified atom stereocenters. The second kappa shape index (κ2) is 4.70. The van der Waals surface area contributed by atoms with Gasteiger partial charge in [-0.2, -0.15) is 0 Å². The van der Waals surface area contributed by atoms with E-state index in [2.05, 4.69) is 16.9 Å². The fraction of sp³-hybridized carbons (Fsp3) is 0.556. The maximum Gasteiger partial charge on any atom is 0.209 e. The molecule has 1 aromatic heterocycles.